The molecule has 3 aliphatic rings. The third-order valence-corrected chi connectivity index (χ3v) is 5.17. The quantitative estimate of drug-likeness (QED) is 0.896. The molecule has 1 amide bonds. The number of carbonyl (C=O) groups excluding carboxylic acids is 1. The van der Waals surface area contributed by atoms with Crippen LogP contribution in [0, 0.1) is 17.6 Å². The first kappa shape index (κ1) is 16.2. The first-order valence-electron chi connectivity index (χ1n) is 8.54. The van der Waals surface area contributed by atoms with Crippen molar-refractivity contribution in [1.29, 1.82) is 0 Å². The molecule has 0 aliphatic carbocycles. The van der Waals surface area contributed by atoms with E-state index in [-0.39, 0.29) is 11.8 Å². The summed E-state index contributed by atoms with van der Waals surface area (Å²) in [5.41, 5.74) is 6.19. The minimum absolute atomic E-state index is 0.0738. The van der Waals surface area contributed by atoms with Crippen molar-refractivity contribution in [3.05, 3.63) is 46.7 Å². The number of nitrogens with one attached hydrogen (secondary N) is 1. The Bertz CT molecular complexity index is 756. The molecule has 1 aromatic carbocycles. The van der Waals surface area contributed by atoms with Gasteiger partial charge in [-0.2, -0.15) is 5.10 Å². The predicted molar refractivity (Wildman–Crippen MR) is 89.2 cm³/mol. The lowest BCUT2D eigenvalue weighted by atomic mass is 9.92. The second-order valence-corrected chi connectivity index (χ2v) is 6.84. The lowest BCUT2D eigenvalue weighted by Crippen LogP contribution is -2.42. The standard InChI is InChI=1S/C18H20F2N4O/c1-11-10-22-23-5-3-12(8-17(11)23)18(25)24-16(2-4-21-24)13-6-14(19)9-15(20)7-13/h4,6-7,9,12,16,22H,2-3,5,8,10H2,1H3. The van der Waals surface area contributed by atoms with Crippen LogP contribution >= 0.6 is 0 Å². The summed E-state index contributed by atoms with van der Waals surface area (Å²) < 4.78 is 27.1. The Morgan fingerprint density at radius 2 is 2.04 bits per heavy atom. The summed E-state index contributed by atoms with van der Waals surface area (Å²) in [6, 6.07) is 2.95. The Hall–Kier alpha value is -2.28. The van der Waals surface area contributed by atoms with Crippen LogP contribution in [0.2, 0.25) is 0 Å². The number of carbonyl (C=O) groups is 1. The second-order valence-electron chi connectivity index (χ2n) is 6.84. The van der Waals surface area contributed by atoms with Crippen molar-refractivity contribution < 1.29 is 13.6 Å². The molecular weight excluding hydrogens is 326 g/mol. The predicted octanol–water partition coefficient (Wildman–Crippen LogP) is 2.73. The molecule has 2 atom stereocenters. The zero-order chi connectivity index (χ0) is 17.6. The Kier molecular flexibility index (Phi) is 4.03. The van der Waals surface area contributed by atoms with E-state index in [4.69, 9.17) is 0 Å². The highest BCUT2D eigenvalue weighted by atomic mass is 19.1. The van der Waals surface area contributed by atoms with Crippen molar-refractivity contribution in [1.82, 2.24) is 15.4 Å². The molecule has 25 heavy (non-hydrogen) atoms. The van der Waals surface area contributed by atoms with E-state index in [2.05, 4.69) is 22.5 Å². The van der Waals surface area contributed by atoms with Crippen molar-refractivity contribution in [3.63, 3.8) is 0 Å². The molecule has 2 unspecified atom stereocenters. The van der Waals surface area contributed by atoms with E-state index < -0.39 is 17.7 Å². The highest BCUT2D eigenvalue weighted by molar-refractivity contribution is 5.82. The van der Waals surface area contributed by atoms with Gasteiger partial charge in [-0.1, -0.05) is 0 Å². The van der Waals surface area contributed by atoms with Crippen LogP contribution in [-0.4, -0.2) is 35.2 Å². The third kappa shape index (κ3) is 2.93. The summed E-state index contributed by atoms with van der Waals surface area (Å²) >= 11 is 0. The van der Waals surface area contributed by atoms with Crippen molar-refractivity contribution in [3.8, 4) is 0 Å². The Balaban J connectivity index is 1.55. The van der Waals surface area contributed by atoms with E-state index in [1.807, 2.05) is 0 Å². The number of hydrazine groups is 1. The van der Waals surface area contributed by atoms with Crippen LogP contribution in [0.1, 0.15) is 37.8 Å². The van der Waals surface area contributed by atoms with Gasteiger partial charge < -0.3 is 5.01 Å². The van der Waals surface area contributed by atoms with Gasteiger partial charge in [0.25, 0.3) is 0 Å². The Labute approximate surface area is 145 Å². The highest BCUT2D eigenvalue weighted by Crippen LogP contribution is 2.35. The van der Waals surface area contributed by atoms with Gasteiger partial charge in [-0.05, 0) is 36.6 Å². The van der Waals surface area contributed by atoms with Gasteiger partial charge in [0.05, 0.1) is 6.04 Å². The Morgan fingerprint density at radius 3 is 2.80 bits per heavy atom. The van der Waals surface area contributed by atoms with Gasteiger partial charge in [0, 0.05) is 49.8 Å². The minimum Gasteiger partial charge on any atom is -0.312 e. The molecule has 1 N–H and O–H groups in total. The van der Waals surface area contributed by atoms with E-state index in [1.54, 1.807) is 6.21 Å². The van der Waals surface area contributed by atoms with Gasteiger partial charge in [0.2, 0.25) is 5.91 Å². The van der Waals surface area contributed by atoms with Crippen LogP contribution in [0.5, 0.6) is 0 Å². The van der Waals surface area contributed by atoms with Crippen molar-refractivity contribution >= 4 is 12.1 Å². The van der Waals surface area contributed by atoms with Gasteiger partial charge in [-0.25, -0.2) is 19.2 Å². The topological polar surface area (TPSA) is 47.9 Å². The number of amides is 1. The number of piperidine rings is 1. The molecule has 0 aromatic heterocycles. The molecule has 132 valence electrons. The molecule has 5 nitrogen and oxygen atoms in total. The molecule has 3 heterocycles. The van der Waals surface area contributed by atoms with E-state index in [0.29, 0.717) is 18.4 Å². The third-order valence-electron chi connectivity index (χ3n) is 5.17. The number of rotatable bonds is 2. The molecular formula is C18H20F2N4O. The largest absolute Gasteiger partial charge is 0.312 e. The van der Waals surface area contributed by atoms with Gasteiger partial charge in [0.15, 0.2) is 0 Å². The summed E-state index contributed by atoms with van der Waals surface area (Å²) in [7, 11) is 0. The number of allylic oxidation sites excluding steroid dienone is 1. The van der Waals surface area contributed by atoms with Gasteiger partial charge in [-0.15, -0.1) is 0 Å². The molecule has 0 radical (unpaired) electrons. The number of hydrazone groups is 1. The van der Waals surface area contributed by atoms with Crippen LogP contribution in [0.4, 0.5) is 8.78 Å². The highest BCUT2D eigenvalue weighted by Gasteiger charge is 2.37. The fourth-order valence-electron chi connectivity index (χ4n) is 3.83. The summed E-state index contributed by atoms with van der Waals surface area (Å²) in [5, 5.41) is 7.73. The molecule has 0 saturated carbocycles. The van der Waals surface area contributed by atoms with Gasteiger partial charge in [0.1, 0.15) is 11.6 Å². The zero-order valence-electron chi connectivity index (χ0n) is 14.0. The minimum atomic E-state index is -0.639. The Morgan fingerprint density at radius 1 is 1.28 bits per heavy atom. The zero-order valence-corrected chi connectivity index (χ0v) is 14.0. The maximum absolute atomic E-state index is 13.6. The second kappa shape index (κ2) is 6.22. The van der Waals surface area contributed by atoms with Crippen molar-refractivity contribution in [2.75, 3.05) is 13.1 Å². The molecule has 4 rings (SSSR count). The maximum atomic E-state index is 13.6. The lowest BCUT2D eigenvalue weighted by molar-refractivity contribution is -0.138. The SMILES string of the molecule is CC1=C2CC(C(=O)N3N=CCC3c3cc(F)cc(F)c3)CCN2NC1. The first-order chi connectivity index (χ1) is 12.0. The number of halogens is 2. The number of hydrogen-bond acceptors (Lipinski definition) is 4. The molecule has 0 spiro atoms. The van der Waals surface area contributed by atoms with E-state index in [1.165, 1.54) is 28.4 Å². The normalized spacial score (nSPS) is 25.7. The number of hydrogen-bond donors (Lipinski definition) is 1. The summed E-state index contributed by atoms with van der Waals surface area (Å²) in [6.45, 7) is 3.67. The summed E-state index contributed by atoms with van der Waals surface area (Å²) in [6.07, 6.45) is 3.52. The lowest BCUT2D eigenvalue weighted by Gasteiger charge is -2.34. The first-order valence-corrected chi connectivity index (χ1v) is 8.54. The van der Waals surface area contributed by atoms with Crippen LogP contribution in [0.3, 0.4) is 0 Å². The maximum Gasteiger partial charge on any atom is 0.246 e. The molecule has 1 saturated heterocycles. The van der Waals surface area contributed by atoms with Crippen molar-refractivity contribution in [2.24, 2.45) is 11.0 Å². The number of benzene rings is 1. The number of nitrogens with zero attached hydrogens (tertiary/aromatic N) is 3. The molecule has 1 aromatic rings. The average molecular weight is 346 g/mol. The molecule has 3 aliphatic heterocycles. The molecule has 7 heteroatoms. The van der Waals surface area contributed by atoms with E-state index in [9.17, 15) is 13.6 Å². The van der Waals surface area contributed by atoms with Crippen LogP contribution in [0.25, 0.3) is 0 Å². The number of fused-ring (bicyclic) bond motifs is 1. The van der Waals surface area contributed by atoms with Crippen LogP contribution in [0.15, 0.2) is 34.6 Å². The van der Waals surface area contributed by atoms with Crippen LogP contribution in [-0.2, 0) is 4.79 Å². The van der Waals surface area contributed by atoms with E-state index >= 15 is 0 Å². The van der Waals surface area contributed by atoms with Crippen molar-refractivity contribution in [2.45, 2.75) is 32.2 Å². The molecule has 1 fully saturated rings. The van der Waals surface area contributed by atoms with Crippen LogP contribution < -0.4 is 5.43 Å². The van der Waals surface area contributed by atoms with E-state index in [0.717, 1.165) is 25.6 Å². The smallest absolute Gasteiger partial charge is 0.246 e. The summed E-state index contributed by atoms with van der Waals surface area (Å²) in [4.78, 5) is 13.0. The monoisotopic (exact) mass is 346 g/mol. The fourth-order valence-corrected chi connectivity index (χ4v) is 3.83. The average Bonchev–Trinajstić information content (AvgIpc) is 3.20. The molecule has 0 bridgehead atoms. The van der Waals surface area contributed by atoms with Gasteiger partial charge >= 0.3 is 0 Å². The van der Waals surface area contributed by atoms with Gasteiger partial charge in [-0.3, -0.25) is 4.79 Å². The fraction of sp³-hybridized carbons (Fsp3) is 0.444. The summed E-state index contributed by atoms with van der Waals surface area (Å²) in [5.74, 6) is -1.51.